The molecule has 0 saturated carbocycles. The molecular formula is C13H18ClN5OS. The van der Waals surface area contributed by atoms with E-state index in [1.807, 2.05) is 11.8 Å². The molecule has 1 fully saturated rings. The molecule has 1 aliphatic rings. The zero-order valence-corrected chi connectivity index (χ0v) is 13.5. The topological polar surface area (TPSA) is 56.1 Å². The minimum Gasteiger partial charge on any atom is -0.479 e. The van der Waals surface area contributed by atoms with Crippen LogP contribution in [0.2, 0.25) is 0 Å². The van der Waals surface area contributed by atoms with Gasteiger partial charge in [0, 0.05) is 37.7 Å². The third-order valence-corrected chi connectivity index (χ3v) is 4.82. The minimum absolute atomic E-state index is 0.357. The van der Waals surface area contributed by atoms with Crippen LogP contribution in [0.5, 0.6) is 5.88 Å². The molecule has 0 radical (unpaired) electrons. The smallest absolute Gasteiger partial charge is 0.245 e. The molecule has 0 amide bonds. The first-order chi connectivity index (χ1) is 10.3. The van der Waals surface area contributed by atoms with Crippen molar-refractivity contribution in [1.82, 2.24) is 24.4 Å². The number of fused-ring (bicyclic) bond motifs is 1. The predicted octanol–water partition coefficient (Wildman–Crippen LogP) is 1.62. The lowest BCUT2D eigenvalue weighted by molar-refractivity contribution is 0.289. The molecule has 6 nitrogen and oxygen atoms in total. The summed E-state index contributed by atoms with van der Waals surface area (Å²) in [5.41, 5.74) is 1.48. The molecule has 1 aliphatic heterocycles. The molecule has 3 rings (SSSR count). The van der Waals surface area contributed by atoms with Gasteiger partial charge in [0.1, 0.15) is 12.2 Å². The number of halogens is 1. The fourth-order valence-corrected chi connectivity index (χ4v) is 3.70. The van der Waals surface area contributed by atoms with Crippen molar-refractivity contribution in [2.24, 2.45) is 0 Å². The second kappa shape index (κ2) is 6.81. The van der Waals surface area contributed by atoms with Gasteiger partial charge in [-0.2, -0.15) is 16.7 Å². The minimum atomic E-state index is 0.357. The van der Waals surface area contributed by atoms with E-state index in [1.54, 1.807) is 7.11 Å². The van der Waals surface area contributed by atoms with Crippen LogP contribution in [0.25, 0.3) is 11.2 Å². The maximum Gasteiger partial charge on any atom is 0.245 e. The predicted molar refractivity (Wildman–Crippen MR) is 85.2 cm³/mol. The van der Waals surface area contributed by atoms with E-state index in [4.69, 9.17) is 16.3 Å². The normalized spacial score (nSPS) is 16.5. The molecule has 114 valence electrons. The lowest BCUT2D eigenvalue weighted by atomic mass is 10.4. The van der Waals surface area contributed by atoms with Crippen LogP contribution < -0.4 is 4.74 Å². The average molecular weight is 328 g/mol. The van der Waals surface area contributed by atoms with E-state index < -0.39 is 0 Å². The Balaban J connectivity index is 1.85. The van der Waals surface area contributed by atoms with Crippen molar-refractivity contribution >= 4 is 34.5 Å². The van der Waals surface area contributed by atoms with Crippen molar-refractivity contribution in [3.05, 3.63) is 12.2 Å². The Bertz CT molecular complexity index is 614. The van der Waals surface area contributed by atoms with Crippen LogP contribution in [0.3, 0.4) is 0 Å². The van der Waals surface area contributed by atoms with Crippen molar-refractivity contribution in [2.45, 2.75) is 12.4 Å². The summed E-state index contributed by atoms with van der Waals surface area (Å²) in [6.45, 7) is 4.11. The van der Waals surface area contributed by atoms with Crippen LogP contribution >= 0.6 is 23.4 Å². The van der Waals surface area contributed by atoms with E-state index in [2.05, 4.69) is 24.4 Å². The number of alkyl halides is 1. The van der Waals surface area contributed by atoms with Crippen molar-refractivity contribution < 1.29 is 4.74 Å². The average Bonchev–Trinajstić information content (AvgIpc) is 2.91. The zero-order valence-electron chi connectivity index (χ0n) is 12.0. The molecule has 1 saturated heterocycles. The van der Waals surface area contributed by atoms with Crippen LogP contribution in [0.15, 0.2) is 6.33 Å². The molecule has 3 heterocycles. The number of imidazole rings is 1. The van der Waals surface area contributed by atoms with Crippen LogP contribution in [-0.2, 0) is 12.4 Å². The van der Waals surface area contributed by atoms with E-state index in [0.717, 1.165) is 37.7 Å². The first-order valence-corrected chi connectivity index (χ1v) is 8.62. The molecule has 8 heteroatoms. The Labute approximate surface area is 132 Å². The molecule has 2 aromatic heterocycles. The fraction of sp³-hybridized carbons (Fsp3) is 0.615. The largest absolute Gasteiger partial charge is 0.479 e. The molecule has 0 spiro atoms. The number of nitrogens with zero attached hydrogens (tertiary/aromatic N) is 5. The van der Waals surface area contributed by atoms with Gasteiger partial charge in [0.25, 0.3) is 0 Å². The van der Waals surface area contributed by atoms with Crippen molar-refractivity contribution in [3.8, 4) is 5.88 Å². The molecule has 0 N–H and O–H groups in total. The Morgan fingerprint density at radius 1 is 1.29 bits per heavy atom. The molecule has 0 atom stereocenters. The fourth-order valence-electron chi connectivity index (χ4n) is 2.51. The lowest BCUT2D eigenvalue weighted by Crippen LogP contribution is -2.35. The van der Waals surface area contributed by atoms with Gasteiger partial charge in [-0.15, -0.1) is 11.6 Å². The maximum atomic E-state index is 6.03. The number of rotatable bonds is 5. The Hall–Kier alpha value is -1.05. The summed E-state index contributed by atoms with van der Waals surface area (Å²) >= 11 is 8.05. The molecule has 0 aliphatic carbocycles. The molecule has 0 bridgehead atoms. The van der Waals surface area contributed by atoms with Gasteiger partial charge in [-0.25, -0.2) is 9.97 Å². The number of hydrogen-bond donors (Lipinski definition) is 0. The first kappa shape index (κ1) is 14.9. The maximum absolute atomic E-state index is 6.03. The van der Waals surface area contributed by atoms with Crippen LogP contribution in [0.1, 0.15) is 5.82 Å². The summed E-state index contributed by atoms with van der Waals surface area (Å²) in [5.74, 6) is 4.10. The molecule has 0 aromatic carbocycles. The van der Waals surface area contributed by atoms with E-state index in [-0.39, 0.29) is 0 Å². The Kier molecular flexibility index (Phi) is 4.82. The van der Waals surface area contributed by atoms with Gasteiger partial charge in [0.2, 0.25) is 5.88 Å². The zero-order chi connectivity index (χ0) is 14.7. The Morgan fingerprint density at radius 3 is 2.81 bits per heavy atom. The van der Waals surface area contributed by atoms with Crippen LogP contribution in [-0.4, -0.2) is 62.7 Å². The lowest BCUT2D eigenvalue weighted by Gasteiger charge is -2.26. The molecule has 21 heavy (non-hydrogen) atoms. The van der Waals surface area contributed by atoms with Gasteiger partial charge in [-0.05, 0) is 0 Å². The number of aromatic nitrogens is 4. The monoisotopic (exact) mass is 327 g/mol. The third-order valence-electron chi connectivity index (χ3n) is 3.63. The molecule has 2 aromatic rings. The summed E-state index contributed by atoms with van der Waals surface area (Å²) in [7, 11) is 1.59. The van der Waals surface area contributed by atoms with E-state index >= 15 is 0 Å². The van der Waals surface area contributed by atoms with E-state index in [9.17, 15) is 0 Å². The van der Waals surface area contributed by atoms with E-state index in [1.165, 1.54) is 17.8 Å². The second-order valence-electron chi connectivity index (χ2n) is 4.82. The third kappa shape index (κ3) is 3.09. The number of thioether (sulfide) groups is 1. The highest BCUT2D eigenvalue weighted by Gasteiger charge is 2.17. The van der Waals surface area contributed by atoms with Crippen molar-refractivity contribution in [1.29, 1.82) is 0 Å². The summed E-state index contributed by atoms with van der Waals surface area (Å²) in [4.78, 5) is 15.4. The number of hydrogen-bond acceptors (Lipinski definition) is 6. The first-order valence-electron chi connectivity index (χ1n) is 6.93. The van der Waals surface area contributed by atoms with Crippen LogP contribution in [0.4, 0.5) is 0 Å². The standard InChI is InChI=1S/C13H18ClN5OS/c1-20-13-11-12(15-9-16-13)19(10(8-14)17-11)3-2-18-4-6-21-7-5-18/h9H,2-8H2,1H3. The van der Waals surface area contributed by atoms with Crippen LogP contribution in [0, 0.1) is 0 Å². The van der Waals surface area contributed by atoms with Gasteiger partial charge in [-0.3, -0.25) is 4.90 Å². The highest BCUT2D eigenvalue weighted by Crippen LogP contribution is 2.22. The second-order valence-corrected chi connectivity index (χ2v) is 6.31. The highest BCUT2D eigenvalue weighted by molar-refractivity contribution is 7.99. The summed E-state index contributed by atoms with van der Waals surface area (Å²) in [6.07, 6.45) is 1.51. The summed E-state index contributed by atoms with van der Waals surface area (Å²) < 4.78 is 7.33. The summed E-state index contributed by atoms with van der Waals surface area (Å²) in [6, 6.07) is 0. The van der Waals surface area contributed by atoms with Gasteiger partial charge in [0.15, 0.2) is 11.2 Å². The summed E-state index contributed by atoms with van der Waals surface area (Å²) in [5, 5.41) is 0. The number of methoxy groups -OCH3 is 1. The quantitative estimate of drug-likeness (QED) is 0.778. The van der Waals surface area contributed by atoms with Crippen molar-refractivity contribution in [3.63, 3.8) is 0 Å². The molecular weight excluding hydrogens is 310 g/mol. The molecule has 0 unspecified atom stereocenters. The van der Waals surface area contributed by atoms with Gasteiger partial charge in [0.05, 0.1) is 13.0 Å². The number of ether oxygens (including phenoxy) is 1. The van der Waals surface area contributed by atoms with E-state index in [0.29, 0.717) is 17.3 Å². The van der Waals surface area contributed by atoms with Crippen molar-refractivity contribution in [2.75, 3.05) is 38.2 Å². The SMILES string of the molecule is COc1ncnc2c1nc(CCl)n2CCN1CCSCC1. The van der Waals surface area contributed by atoms with Gasteiger partial charge in [-0.1, -0.05) is 0 Å². The highest BCUT2D eigenvalue weighted by atomic mass is 35.5. The Morgan fingerprint density at radius 2 is 2.10 bits per heavy atom. The van der Waals surface area contributed by atoms with Gasteiger partial charge < -0.3 is 9.30 Å². The van der Waals surface area contributed by atoms with Gasteiger partial charge >= 0.3 is 0 Å².